The molecule has 4 rings (SSSR count). The summed E-state index contributed by atoms with van der Waals surface area (Å²) in [5.74, 6) is 2.83. The van der Waals surface area contributed by atoms with E-state index in [2.05, 4.69) is 28.4 Å². The molecule has 1 heterocycles. The number of rotatable bonds is 9. The number of benzene rings is 3. The van der Waals surface area contributed by atoms with Gasteiger partial charge in [-0.15, -0.1) is 0 Å². The van der Waals surface area contributed by atoms with Gasteiger partial charge in [0.15, 0.2) is 11.5 Å². The highest BCUT2D eigenvalue weighted by atomic mass is 16.5. The molecule has 0 fully saturated rings. The van der Waals surface area contributed by atoms with Crippen molar-refractivity contribution in [3.63, 3.8) is 0 Å². The Hall–Kier alpha value is -3.71. The Morgan fingerprint density at radius 2 is 1.46 bits per heavy atom. The van der Waals surface area contributed by atoms with E-state index in [9.17, 15) is 4.79 Å². The second-order valence-electron chi connectivity index (χ2n) is 8.43. The second-order valence-corrected chi connectivity index (χ2v) is 8.43. The smallest absolute Gasteiger partial charge is 0.251 e. The molecule has 1 aliphatic rings. The summed E-state index contributed by atoms with van der Waals surface area (Å²) in [5, 5.41) is 3.13. The fourth-order valence-electron chi connectivity index (χ4n) is 4.51. The minimum absolute atomic E-state index is 0.0251. The average molecular weight is 477 g/mol. The van der Waals surface area contributed by atoms with Crippen molar-refractivity contribution in [3.8, 4) is 23.0 Å². The first-order valence-corrected chi connectivity index (χ1v) is 11.6. The van der Waals surface area contributed by atoms with E-state index in [-0.39, 0.29) is 11.9 Å². The molecular formula is C28H32N2O5. The fraction of sp³-hybridized carbons (Fsp3) is 0.321. The van der Waals surface area contributed by atoms with E-state index in [1.54, 1.807) is 52.7 Å². The lowest BCUT2D eigenvalue weighted by Gasteiger charge is -2.38. The van der Waals surface area contributed by atoms with Gasteiger partial charge in [-0.25, -0.2) is 0 Å². The van der Waals surface area contributed by atoms with E-state index in [0.29, 0.717) is 17.9 Å². The maximum atomic E-state index is 12.9. The van der Waals surface area contributed by atoms with E-state index in [4.69, 9.17) is 18.9 Å². The van der Waals surface area contributed by atoms with E-state index in [0.717, 1.165) is 42.3 Å². The number of carbonyl (C=O) groups excluding carboxylic acids is 1. The Kier molecular flexibility index (Phi) is 7.77. The lowest BCUT2D eigenvalue weighted by atomic mass is 9.91. The van der Waals surface area contributed by atoms with Gasteiger partial charge in [0.2, 0.25) is 0 Å². The molecule has 35 heavy (non-hydrogen) atoms. The zero-order valence-corrected chi connectivity index (χ0v) is 20.7. The van der Waals surface area contributed by atoms with Crippen molar-refractivity contribution in [2.75, 3.05) is 41.5 Å². The zero-order chi connectivity index (χ0) is 24.8. The van der Waals surface area contributed by atoms with E-state index in [1.807, 2.05) is 18.2 Å². The van der Waals surface area contributed by atoms with Gasteiger partial charge in [-0.1, -0.05) is 12.1 Å². The van der Waals surface area contributed by atoms with Crippen LogP contribution in [0.4, 0.5) is 0 Å². The van der Waals surface area contributed by atoms with Gasteiger partial charge in [0.25, 0.3) is 5.91 Å². The first-order chi connectivity index (χ1) is 17.1. The molecule has 3 aromatic rings. The van der Waals surface area contributed by atoms with Crippen LogP contribution in [-0.4, -0.2) is 52.3 Å². The van der Waals surface area contributed by atoms with Gasteiger partial charge >= 0.3 is 0 Å². The number of hydrogen-bond acceptors (Lipinski definition) is 6. The summed E-state index contributed by atoms with van der Waals surface area (Å²) in [4.78, 5) is 15.3. The van der Waals surface area contributed by atoms with Crippen molar-refractivity contribution in [2.45, 2.75) is 19.0 Å². The van der Waals surface area contributed by atoms with Crippen molar-refractivity contribution in [3.05, 3.63) is 82.9 Å². The molecule has 184 valence electrons. The predicted molar refractivity (Wildman–Crippen MR) is 135 cm³/mol. The lowest BCUT2D eigenvalue weighted by Crippen LogP contribution is -2.41. The Balaban J connectivity index is 1.59. The van der Waals surface area contributed by atoms with Crippen LogP contribution in [0.15, 0.2) is 60.7 Å². The highest BCUT2D eigenvalue weighted by Crippen LogP contribution is 2.38. The van der Waals surface area contributed by atoms with Crippen LogP contribution in [0.5, 0.6) is 23.0 Å². The third-order valence-electron chi connectivity index (χ3n) is 6.47. The van der Waals surface area contributed by atoms with Crippen LogP contribution in [0.25, 0.3) is 0 Å². The van der Waals surface area contributed by atoms with Gasteiger partial charge < -0.3 is 24.3 Å². The largest absolute Gasteiger partial charge is 0.497 e. The van der Waals surface area contributed by atoms with Crippen molar-refractivity contribution in [2.24, 2.45) is 0 Å². The third-order valence-corrected chi connectivity index (χ3v) is 6.47. The van der Waals surface area contributed by atoms with Crippen molar-refractivity contribution in [1.29, 1.82) is 0 Å². The van der Waals surface area contributed by atoms with Crippen LogP contribution in [0.1, 0.15) is 33.1 Å². The minimum Gasteiger partial charge on any atom is -0.497 e. The van der Waals surface area contributed by atoms with Crippen molar-refractivity contribution < 1.29 is 23.7 Å². The quantitative estimate of drug-likeness (QED) is 0.498. The summed E-state index contributed by atoms with van der Waals surface area (Å²) < 4.78 is 21.6. The van der Waals surface area contributed by atoms with Crippen molar-refractivity contribution >= 4 is 5.91 Å². The SMILES string of the molecule is COc1ccc(CN2CCc3cc(OC)c(OC)cc3[C@@H]2CNC(=O)c2ccc(OC)cc2)cc1. The molecule has 0 saturated carbocycles. The molecule has 0 radical (unpaired) electrons. The Labute approximate surface area is 206 Å². The van der Waals surface area contributed by atoms with E-state index in [1.165, 1.54) is 11.1 Å². The molecule has 0 saturated heterocycles. The highest BCUT2D eigenvalue weighted by molar-refractivity contribution is 5.94. The summed E-state index contributed by atoms with van der Waals surface area (Å²) in [6, 6.07) is 19.3. The number of ether oxygens (including phenoxy) is 4. The molecule has 0 bridgehead atoms. The van der Waals surface area contributed by atoms with Gasteiger partial charge in [-0.3, -0.25) is 9.69 Å². The molecule has 7 heteroatoms. The second kappa shape index (κ2) is 11.1. The first-order valence-electron chi connectivity index (χ1n) is 11.6. The fourth-order valence-corrected chi connectivity index (χ4v) is 4.51. The molecule has 3 aromatic carbocycles. The number of amides is 1. The topological polar surface area (TPSA) is 69.3 Å². The highest BCUT2D eigenvalue weighted by Gasteiger charge is 2.29. The molecule has 1 atom stereocenters. The number of nitrogens with zero attached hydrogens (tertiary/aromatic N) is 1. The van der Waals surface area contributed by atoms with Crippen LogP contribution in [0, 0.1) is 0 Å². The molecule has 0 unspecified atom stereocenters. The molecule has 1 N–H and O–H groups in total. The number of methoxy groups -OCH3 is 4. The number of fused-ring (bicyclic) bond motifs is 1. The standard InChI is InChI=1S/C28H32N2O5/c1-32-22-9-5-19(6-10-22)18-30-14-13-21-15-26(34-3)27(35-4)16-24(21)25(30)17-29-28(31)20-7-11-23(33-2)12-8-20/h5-12,15-16,25H,13-14,17-18H2,1-4H3,(H,29,31)/t25-/m0/s1. The average Bonchev–Trinajstić information content (AvgIpc) is 2.91. The monoisotopic (exact) mass is 476 g/mol. The first kappa shape index (κ1) is 24.4. The van der Waals surface area contributed by atoms with E-state index < -0.39 is 0 Å². The third kappa shape index (κ3) is 5.52. The maximum Gasteiger partial charge on any atom is 0.251 e. The summed E-state index contributed by atoms with van der Waals surface area (Å²) in [6.45, 7) is 2.07. The van der Waals surface area contributed by atoms with Gasteiger partial charge in [0, 0.05) is 25.2 Å². The minimum atomic E-state index is -0.121. The Morgan fingerprint density at radius 3 is 2.06 bits per heavy atom. The molecule has 0 aliphatic carbocycles. The molecule has 1 aliphatic heterocycles. The van der Waals surface area contributed by atoms with Crippen LogP contribution in [-0.2, 0) is 13.0 Å². The normalized spacial score (nSPS) is 15.1. The van der Waals surface area contributed by atoms with Crippen LogP contribution >= 0.6 is 0 Å². The predicted octanol–water partition coefficient (Wildman–Crippen LogP) is 4.25. The summed E-state index contributed by atoms with van der Waals surface area (Å²) in [6.07, 6.45) is 0.884. The zero-order valence-electron chi connectivity index (χ0n) is 20.7. The van der Waals surface area contributed by atoms with Gasteiger partial charge in [-0.2, -0.15) is 0 Å². The summed E-state index contributed by atoms with van der Waals surface area (Å²) in [7, 11) is 6.56. The number of carbonyl (C=O) groups is 1. The Morgan fingerprint density at radius 1 is 0.857 bits per heavy atom. The van der Waals surface area contributed by atoms with Crippen LogP contribution in [0.3, 0.4) is 0 Å². The van der Waals surface area contributed by atoms with Crippen LogP contribution in [0.2, 0.25) is 0 Å². The lowest BCUT2D eigenvalue weighted by molar-refractivity contribution is 0.0925. The van der Waals surface area contributed by atoms with Crippen molar-refractivity contribution in [1.82, 2.24) is 10.2 Å². The molecule has 0 spiro atoms. The Bertz CT molecular complexity index is 1150. The molecule has 1 amide bonds. The maximum absolute atomic E-state index is 12.9. The number of hydrogen-bond donors (Lipinski definition) is 1. The number of nitrogens with one attached hydrogen (secondary N) is 1. The summed E-state index contributed by atoms with van der Waals surface area (Å²) >= 11 is 0. The van der Waals surface area contributed by atoms with Gasteiger partial charge in [-0.05, 0) is 71.6 Å². The molecule has 7 nitrogen and oxygen atoms in total. The van der Waals surface area contributed by atoms with Gasteiger partial charge in [0.1, 0.15) is 11.5 Å². The van der Waals surface area contributed by atoms with Crippen LogP contribution < -0.4 is 24.3 Å². The molecular weight excluding hydrogens is 444 g/mol. The van der Waals surface area contributed by atoms with E-state index >= 15 is 0 Å². The molecule has 0 aromatic heterocycles. The summed E-state index contributed by atoms with van der Waals surface area (Å²) in [5.41, 5.74) is 4.12. The van der Waals surface area contributed by atoms with Gasteiger partial charge in [0.05, 0.1) is 34.5 Å².